The summed E-state index contributed by atoms with van der Waals surface area (Å²) in [5.41, 5.74) is 2.87. The van der Waals surface area contributed by atoms with Crippen LogP contribution < -0.4 is 10.6 Å². The van der Waals surface area contributed by atoms with E-state index in [2.05, 4.69) is 10.6 Å². The van der Waals surface area contributed by atoms with Gasteiger partial charge in [0, 0.05) is 24.4 Å². The molecule has 0 unspecified atom stereocenters. The van der Waals surface area contributed by atoms with Crippen LogP contribution in [0.3, 0.4) is 0 Å². The molecule has 1 aliphatic heterocycles. The third kappa shape index (κ3) is 5.01. The number of esters is 1. The van der Waals surface area contributed by atoms with Crippen molar-refractivity contribution in [1.82, 2.24) is 10.2 Å². The van der Waals surface area contributed by atoms with Crippen molar-refractivity contribution in [2.24, 2.45) is 11.8 Å². The Morgan fingerprint density at radius 1 is 1.30 bits per heavy atom. The van der Waals surface area contributed by atoms with Crippen LogP contribution in [0.1, 0.15) is 58.1 Å². The number of hydrogen-bond donors (Lipinski definition) is 2. The van der Waals surface area contributed by atoms with E-state index in [9.17, 15) is 9.59 Å². The van der Waals surface area contributed by atoms with Crippen LogP contribution in [-0.2, 0) is 14.3 Å². The number of nitrogens with zero attached hydrogens (tertiary/aromatic N) is 1. The van der Waals surface area contributed by atoms with Gasteiger partial charge in [0.2, 0.25) is 5.91 Å². The molecule has 1 aliphatic carbocycles. The van der Waals surface area contributed by atoms with Crippen molar-refractivity contribution in [2.75, 3.05) is 19.0 Å². The quantitative estimate of drug-likeness (QED) is 0.523. The third-order valence-corrected chi connectivity index (χ3v) is 6.13. The first-order valence-electron chi connectivity index (χ1n) is 10.6. The lowest BCUT2D eigenvalue weighted by atomic mass is 9.94. The molecule has 1 aromatic carbocycles. The van der Waals surface area contributed by atoms with Crippen LogP contribution in [0.2, 0.25) is 0 Å². The monoisotopic (exact) mass is 429 g/mol. The molecule has 0 bridgehead atoms. The smallest absolute Gasteiger partial charge is 0.338 e. The van der Waals surface area contributed by atoms with Crippen LogP contribution in [0.25, 0.3) is 0 Å². The van der Waals surface area contributed by atoms with E-state index in [1.54, 1.807) is 4.90 Å². The van der Waals surface area contributed by atoms with Gasteiger partial charge in [-0.2, -0.15) is 0 Å². The van der Waals surface area contributed by atoms with Gasteiger partial charge in [-0.15, -0.1) is 0 Å². The van der Waals surface area contributed by atoms with Crippen LogP contribution in [0.5, 0.6) is 0 Å². The molecule has 0 aromatic heterocycles. The first kappa shape index (κ1) is 22.3. The Hall–Kier alpha value is -2.41. The van der Waals surface area contributed by atoms with E-state index in [0.717, 1.165) is 42.6 Å². The maximum Gasteiger partial charge on any atom is 0.338 e. The van der Waals surface area contributed by atoms with E-state index in [0.29, 0.717) is 17.3 Å². The van der Waals surface area contributed by atoms with Gasteiger partial charge in [0.15, 0.2) is 5.11 Å². The average Bonchev–Trinajstić information content (AvgIpc) is 3.25. The zero-order valence-electron chi connectivity index (χ0n) is 18.2. The molecule has 0 spiro atoms. The highest BCUT2D eigenvalue weighted by molar-refractivity contribution is 7.80. The van der Waals surface area contributed by atoms with Crippen molar-refractivity contribution >= 4 is 34.9 Å². The molecule has 6 nitrogen and oxygen atoms in total. The second-order valence-corrected chi connectivity index (χ2v) is 8.92. The molecule has 2 N–H and O–H groups in total. The molecule has 1 aromatic rings. The van der Waals surface area contributed by atoms with E-state index in [4.69, 9.17) is 17.0 Å². The molecule has 1 amide bonds. The minimum Gasteiger partial charge on any atom is -0.462 e. The van der Waals surface area contributed by atoms with Crippen molar-refractivity contribution in [2.45, 2.75) is 52.5 Å². The van der Waals surface area contributed by atoms with Gasteiger partial charge in [-0.25, -0.2) is 4.79 Å². The topological polar surface area (TPSA) is 70.7 Å². The molecule has 1 fully saturated rings. The highest BCUT2D eigenvalue weighted by Gasteiger charge is 2.34. The molecule has 0 saturated heterocycles. The summed E-state index contributed by atoms with van der Waals surface area (Å²) in [6.45, 7) is 6.23. The van der Waals surface area contributed by atoms with Crippen LogP contribution in [0.4, 0.5) is 5.69 Å². The van der Waals surface area contributed by atoms with Crippen LogP contribution in [0.15, 0.2) is 35.5 Å². The summed E-state index contributed by atoms with van der Waals surface area (Å²) in [6, 6.07) is 7.16. The summed E-state index contributed by atoms with van der Waals surface area (Å²) < 4.78 is 5.53. The molecule has 3 rings (SSSR count). The molecular weight excluding hydrogens is 398 g/mol. The molecule has 1 saturated carbocycles. The summed E-state index contributed by atoms with van der Waals surface area (Å²) in [4.78, 5) is 27.2. The Kier molecular flexibility index (Phi) is 7.13. The summed E-state index contributed by atoms with van der Waals surface area (Å²) in [7, 11) is 1.83. The number of carbonyl (C=O) groups excluding carboxylic acids is 2. The minimum absolute atomic E-state index is 0.0693. The predicted molar refractivity (Wildman–Crippen MR) is 122 cm³/mol. The van der Waals surface area contributed by atoms with E-state index in [1.165, 1.54) is 0 Å². The Labute approximate surface area is 184 Å². The van der Waals surface area contributed by atoms with Crippen molar-refractivity contribution in [3.05, 3.63) is 41.1 Å². The Morgan fingerprint density at radius 2 is 2.00 bits per heavy atom. The standard InChI is InChI=1S/C23H31N3O3S/c1-14(2)13-29-22(28)19-15(3)26(4)23(30)25-20(19)17-10-7-11-18(12-17)24-21(27)16-8-5-6-9-16/h7,10-12,14,16,20H,5-6,8-9,13H2,1-4H3,(H,24,27)(H,25,30)/t20-/m1/s1. The maximum atomic E-state index is 12.9. The molecule has 162 valence electrons. The fourth-order valence-electron chi connectivity index (χ4n) is 3.90. The SMILES string of the molecule is CC1=C(C(=O)OCC(C)C)[C@@H](c2cccc(NC(=O)C3CCCC3)c2)NC(=S)N1C. The average molecular weight is 430 g/mol. The van der Waals surface area contributed by atoms with Gasteiger partial charge in [-0.05, 0) is 55.6 Å². The number of ether oxygens (including phenoxy) is 1. The van der Waals surface area contributed by atoms with Crippen molar-refractivity contribution < 1.29 is 14.3 Å². The minimum atomic E-state index is -0.434. The molecule has 30 heavy (non-hydrogen) atoms. The number of benzene rings is 1. The van der Waals surface area contributed by atoms with E-state index < -0.39 is 6.04 Å². The second-order valence-electron chi connectivity index (χ2n) is 8.53. The first-order chi connectivity index (χ1) is 14.3. The zero-order valence-corrected chi connectivity index (χ0v) is 19.0. The van der Waals surface area contributed by atoms with Gasteiger partial charge in [0.1, 0.15) is 0 Å². The number of nitrogens with one attached hydrogen (secondary N) is 2. The molecule has 2 aliphatic rings. The summed E-state index contributed by atoms with van der Waals surface area (Å²) >= 11 is 5.46. The lowest BCUT2D eigenvalue weighted by Crippen LogP contribution is -2.46. The summed E-state index contributed by atoms with van der Waals surface area (Å²) in [5.74, 6) is 0.0532. The second kappa shape index (κ2) is 9.60. The summed E-state index contributed by atoms with van der Waals surface area (Å²) in [5, 5.41) is 6.83. The zero-order chi connectivity index (χ0) is 21.8. The molecule has 1 atom stereocenters. The van der Waals surface area contributed by atoms with Crippen molar-refractivity contribution in [3.63, 3.8) is 0 Å². The highest BCUT2D eigenvalue weighted by atomic mass is 32.1. The van der Waals surface area contributed by atoms with Gasteiger partial charge in [-0.1, -0.05) is 38.8 Å². The normalized spacial score (nSPS) is 19.8. The number of thiocarbonyl (C=S) groups is 1. The van der Waals surface area contributed by atoms with Gasteiger partial charge in [-0.3, -0.25) is 4.79 Å². The molecular formula is C23H31N3O3S. The predicted octanol–water partition coefficient (Wildman–Crippen LogP) is 4.15. The van der Waals surface area contributed by atoms with Crippen molar-refractivity contribution in [1.29, 1.82) is 0 Å². The Balaban J connectivity index is 1.86. The van der Waals surface area contributed by atoms with Crippen molar-refractivity contribution in [3.8, 4) is 0 Å². The number of allylic oxidation sites excluding steroid dienone is 1. The van der Waals surface area contributed by atoms with Crippen LogP contribution in [-0.4, -0.2) is 35.5 Å². The fraction of sp³-hybridized carbons (Fsp3) is 0.522. The van der Waals surface area contributed by atoms with Gasteiger partial charge >= 0.3 is 5.97 Å². The van der Waals surface area contributed by atoms with Crippen LogP contribution in [0, 0.1) is 11.8 Å². The van der Waals surface area contributed by atoms with Gasteiger partial charge in [0.25, 0.3) is 0 Å². The number of carbonyl (C=O) groups is 2. The van der Waals surface area contributed by atoms with E-state index >= 15 is 0 Å². The number of anilines is 1. The number of rotatable bonds is 6. The Bertz CT molecular complexity index is 859. The number of amides is 1. The maximum absolute atomic E-state index is 12.9. The lowest BCUT2D eigenvalue weighted by molar-refractivity contribution is -0.140. The molecule has 1 heterocycles. The largest absolute Gasteiger partial charge is 0.462 e. The fourth-order valence-corrected chi connectivity index (χ4v) is 4.15. The highest BCUT2D eigenvalue weighted by Crippen LogP contribution is 2.32. The number of hydrogen-bond acceptors (Lipinski definition) is 4. The molecule has 7 heteroatoms. The van der Waals surface area contributed by atoms with Crippen LogP contribution >= 0.6 is 12.2 Å². The van der Waals surface area contributed by atoms with Gasteiger partial charge in [0.05, 0.1) is 18.2 Å². The van der Waals surface area contributed by atoms with E-state index in [1.807, 2.05) is 52.1 Å². The van der Waals surface area contributed by atoms with E-state index in [-0.39, 0.29) is 23.7 Å². The summed E-state index contributed by atoms with van der Waals surface area (Å²) in [6.07, 6.45) is 4.12. The first-order valence-corrected chi connectivity index (χ1v) is 11.0. The van der Waals surface area contributed by atoms with Gasteiger partial charge < -0.3 is 20.3 Å². The Morgan fingerprint density at radius 3 is 2.67 bits per heavy atom. The molecule has 0 radical (unpaired) electrons. The third-order valence-electron chi connectivity index (χ3n) is 5.74. The lowest BCUT2D eigenvalue weighted by Gasteiger charge is -2.35.